The van der Waals surface area contributed by atoms with E-state index in [4.69, 9.17) is 15.0 Å². The minimum Gasteiger partial charge on any atom is -0.307 e. The summed E-state index contributed by atoms with van der Waals surface area (Å²) in [6, 6.07) is 56.4. The van der Waals surface area contributed by atoms with E-state index < -0.39 is 0 Å². The van der Waals surface area contributed by atoms with Gasteiger partial charge in [-0.05, 0) is 54.6 Å². The van der Waals surface area contributed by atoms with Crippen molar-refractivity contribution in [3.8, 4) is 40.5 Å². The van der Waals surface area contributed by atoms with Crippen LogP contribution >= 0.6 is 11.3 Å². The first-order valence-corrected chi connectivity index (χ1v) is 18.3. The quantitative estimate of drug-likeness (QED) is 0.184. The lowest BCUT2D eigenvalue weighted by molar-refractivity contribution is 0.953. The van der Waals surface area contributed by atoms with Gasteiger partial charge in [-0.25, -0.2) is 4.98 Å². The maximum atomic E-state index is 9.54. The summed E-state index contributed by atoms with van der Waals surface area (Å²) in [6.45, 7) is 0. The van der Waals surface area contributed by atoms with Gasteiger partial charge in [0.15, 0.2) is 11.6 Å². The van der Waals surface area contributed by atoms with Crippen molar-refractivity contribution in [2.45, 2.75) is 0 Å². The maximum Gasteiger partial charge on any atom is 0.238 e. The van der Waals surface area contributed by atoms with Crippen molar-refractivity contribution in [2.75, 3.05) is 0 Å². The summed E-state index contributed by atoms with van der Waals surface area (Å²) in [5, 5.41) is 16.7. The molecule has 7 aromatic carbocycles. The van der Waals surface area contributed by atoms with Gasteiger partial charge < -0.3 is 4.57 Å². The van der Waals surface area contributed by atoms with Crippen LogP contribution in [0, 0.1) is 11.3 Å². The Bertz CT molecular complexity index is 3280. The molecule has 0 saturated carbocycles. The van der Waals surface area contributed by atoms with E-state index in [9.17, 15) is 5.26 Å². The lowest BCUT2D eigenvalue weighted by Crippen LogP contribution is -2.07. The fourth-order valence-corrected chi connectivity index (χ4v) is 9.21. The molecule has 0 aliphatic rings. The van der Waals surface area contributed by atoms with Crippen molar-refractivity contribution in [1.82, 2.24) is 24.1 Å². The number of thiophene rings is 1. The number of aromatic nitrogens is 5. The molecule has 0 saturated heterocycles. The van der Waals surface area contributed by atoms with Crippen LogP contribution < -0.4 is 0 Å². The Hall–Kier alpha value is -7.14. The summed E-state index contributed by atoms with van der Waals surface area (Å²) in [7, 11) is 0. The minimum atomic E-state index is 0.523. The van der Waals surface area contributed by atoms with Crippen LogP contribution in [-0.2, 0) is 0 Å². The Labute approximate surface area is 307 Å². The summed E-state index contributed by atoms with van der Waals surface area (Å²) < 4.78 is 7.17. The van der Waals surface area contributed by atoms with E-state index in [0.717, 1.165) is 44.3 Å². The van der Waals surface area contributed by atoms with E-state index in [-0.39, 0.29) is 0 Å². The fourth-order valence-electron chi connectivity index (χ4n) is 7.94. The fraction of sp³-hybridized carbons (Fsp3) is 0. The van der Waals surface area contributed by atoms with E-state index in [1.54, 1.807) is 0 Å². The van der Waals surface area contributed by atoms with Crippen LogP contribution in [0.2, 0.25) is 0 Å². The molecule has 4 aromatic heterocycles. The third-order valence-corrected chi connectivity index (χ3v) is 11.4. The molecule has 0 bridgehead atoms. The molecule has 0 atom stereocenters. The first kappa shape index (κ1) is 29.6. The van der Waals surface area contributed by atoms with Crippen molar-refractivity contribution < 1.29 is 0 Å². The van der Waals surface area contributed by atoms with Crippen molar-refractivity contribution >= 4 is 75.1 Å². The van der Waals surface area contributed by atoms with Crippen molar-refractivity contribution in [3.63, 3.8) is 0 Å². The predicted molar refractivity (Wildman–Crippen MR) is 217 cm³/mol. The molecule has 7 heteroatoms. The number of benzene rings is 7. The Kier molecular flexibility index (Phi) is 6.38. The molecule has 11 rings (SSSR count). The van der Waals surface area contributed by atoms with Gasteiger partial charge in [0.25, 0.3) is 0 Å². The summed E-state index contributed by atoms with van der Waals surface area (Å²) in [4.78, 5) is 15.6. The van der Waals surface area contributed by atoms with E-state index in [1.165, 1.54) is 36.3 Å². The van der Waals surface area contributed by atoms with Gasteiger partial charge in [0, 0.05) is 58.5 Å². The Morgan fingerprint density at radius 2 is 1.02 bits per heavy atom. The minimum absolute atomic E-state index is 0.523. The monoisotopic (exact) mass is 694 g/mol. The van der Waals surface area contributed by atoms with Crippen LogP contribution in [0.3, 0.4) is 0 Å². The third kappa shape index (κ3) is 4.34. The number of hydrogen-bond donors (Lipinski definition) is 0. The SMILES string of the molecule is N#Cc1ccc(-c2nc(-c3ccccc3)nc(-n3c4ccccc4c4c5c6ccccc6sc5c5c6ccccc6n(-c6ccccc6)c5c43)n2)cc1. The molecule has 0 radical (unpaired) electrons. The van der Waals surface area contributed by atoms with E-state index in [0.29, 0.717) is 23.2 Å². The molecule has 0 fully saturated rings. The van der Waals surface area contributed by atoms with Crippen LogP contribution in [0.25, 0.3) is 98.2 Å². The van der Waals surface area contributed by atoms with E-state index in [2.05, 4.69) is 118 Å². The molecule has 0 aliphatic heterocycles. The number of nitrogens with zero attached hydrogens (tertiary/aromatic N) is 6. The summed E-state index contributed by atoms with van der Waals surface area (Å²) in [5.41, 5.74) is 7.63. The number of rotatable bonds is 4. The van der Waals surface area contributed by atoms with Gasteiger partial charge in [-0.3, -0.25) is 4.57 Å². The Balaban J connectivity index is 1.40. The summed E-state index contributed by atoms with van der Waals surface area (Å²) in [5.74, 6) is 1.63. The lowest BCUT2D eigenvalue weighted by Gasteiger charge is -2.13. The Morgan fingerprint density at radius 1 is 0.472 bits per heavy atom. The molecule has 11 aromatic rings. The topological polar surface area (TPSA) is 72.3 Å². The van der Waals surface area contributed by atoms with Crippen LogP contribution in [0.5, 0.6) is 0 Å². The lowest BCUT2D eigenvalue weighted by atomic mass is 10.0. The second-order valence-corrected chi connectivity index (χ2v) is 14.2. The van der Waals surface area contributed by atoms with Crippen molar-refractivity contribution in [1.29, 1.82) is 5.26 Å². The first-order valence-electron chi connectivity index (χ1n) is 17.4. The number of para-hydroxylation sites is 3. The second kappa shape index (κ2) is 11.4. The zero-order chi connectivity index (χ0) is 35.0. The molecule has 246 valence electrons. The van der Waals surface area contributed by atoms with Crippen LogP contribution in [0.4, 0.5) is 0 Å². The smallest absolute Gasteiger partial charge is 0.238 e. The highest BCUT2D eigenvalue weighted by molar-refractivity contribution is 7.27. The van der Waals surface area contributed by atoms with Gasteiger partial charge in [0.2, 0.25) is 5.95 Å². The highest BCUT2D eigenvalue weighted by Crippen LogP contribution is 2.51. The van der Waals surface area contributed by atoms with Gasteiger partial charge in [0.05, 0.1) is 33.7 Å². The highest BCUT2D eigenvalue weighted by Gasteiger charge is 2.28. The molecule has 0 unspecified atom stereocenters. The molecule has 0 amide bonds. The van der Waals surface area contributed by atoms with E-state index in [1.807, 2.05) is 65.9 Å². The standard InChI is InChI=1S/C46H26N6S/c47-27-28-23-25-30(26-24-28)45-48-44(29-13-3-1-4-14-29)49-46(50-45)52-36-21-11-7-17-32(36)38-39-34-19-9-12-22-37(34)53-43(39)40-33-18-8-10-20-35(33)51(42(40)41(38)52)31-15-5-2-6-16-31/h1-26H. The third-order valence-electron chi connectivity index (χ3n) is 10.2. The van der Waals surface area contributed by atoms with Gasteiger partial charge in [-0.1, -0.05) is 103 Å². The zero-order valence-corrected chi connectivity index (χ0v) is 28.9. The number of hydrogen-bond acceptors (Lipinski definition) is 5. The number of nitriles is 1. The summed E-state index contributed by atoms with van der Waals surface area (Å²) in [6.07, 6.45) is 0. The summed E-state index contributed by atoms with van der Waals surface area (Å²) >= 11 is 1.86. The van der Waals surface area contributed by atoms with Crippen molar-refractivity contribution in [3.05, 3.63) is 163 Å². The molecule has 0 N–H and O–H groups in total. The van der Waals surface area contributed by atoms with Gasteiger partial charge in [-0.2, -0.15) is 15.2 Å². The molecule has 53 heavy (non-hydrogen) atoms. The number of fused-ring (bicyclic) bond motifs is 12. The largest absolute Gasteiger partial charge is 0.307 e. The normalized spacial score (nSPS) is 11.8. The van der Waals surface area contributed by atoms with Crippen LogP contribution in [-0.4, -0.2) is 24.1 Å². The molecular formula is C46H26N6S. The molecule has 6 nitrogen and oxygen atoms in total. The predicted octanol–water partition coefficient (Wildman–Crippen LogP) is 11.6. The van der Waals surface area contributed by atoms with Crippen LogP contribution in [0.15, 0.2) is 158 Å². The van der Waals surface area contributed by atoms with Gasteiger partial charge >= 0.3 is 0 Å². The molecule has 0 aliphatic carbocycles. The van der Waals surface area contributed by atoms with Crippen LogP contribution in [0.1, 0.15) is 5.56 Å². The molecule has 0 spiro atoms. The molecule has 4 heterocycles. The average Bonchev–Trinajstić information content (AvgIpc) is 3.89. The molecular weight excluding hydrogens is 669 g/mol. The second-order valence-electron chi connectivity index (χ2n) is 13.1. The first-order chi connectivity index (χ1) is 26.3. The van der Waals surface area contributed by atoms with Gasteiger partial charge in [-0.15, -0.1) is 11.3 Å². The highest BCUT2D eigenvalue weighted by atomic mass is 32.1. The van der Waals surface area contributed by atoms with Gasteiger partial charge in [0.1, 0.15) is 0 Å². The maximum absolute atomic E-state index is 9.54. The van der Waals surface area contributed by atoms with Crippen molar-refractivity contribution in [2.24, 2.45) is 0 Å². The zero-order valence-electron chi connectivity index (χ0n) is 28.1. The van der Waals surface area contributed by atoms with E-state index >= 15 is 0 Å². The average molecular weight is 695 g/mol. The Morgan fingerprint density at radius 3 is 1.72 bits per heavy atom.